The van der Waals surface area contributed by atoms with Crippen LogP contribution in [0.4, 0.5) is 0 Å². The first-order valence-corrected chi connectivity index (χ1v) is 9.41. The van der Waals surface area contributed by atoms with Crippen molar-refractivity contribution >= 4 is 23.4 Å². The van der Waals surface area contributed by atoms with E-state index < -0.39 is 17.6 Å². The van der Waals surface area contributed by atoms with Gasteiger partial charge in [-0.05, 0) is 44.5 Å². The highest BCUT2D eigenvalue weighted by atomic mass is 35.5. The fourth-order valence-electron chi connectivity index (χ4n) is 2.72. The maximum atomic E-state index is 13.5. The number of ether oxygens (including phenoxy) is 2. The Hall–Kier alpha value is -2.34. The monoisotopic (exact) mass is 392 g/mol. The minimum Gasteiger partial charge on any atom is -0.465 e. The Balaban J connectivity index is 2.37. The van der Waals surface area contributed by atoms with Gasteiger partial charge in [-0.2, -0.15) is 0 Å². The highest BCUT2D eigenvalue weighted by Gasteiger charge is 2.46. The van der Waals surface area contributed by atoms with Crippen LogP contribution >= 0.6 is 11.6 Å². The number of Topliss-reactive ketones (excluding diaryl/α,β-unsaturated/α-hetero) is 1. The zero-order chi connectivity index (χ0) is 19.9. The fourth-order valence-corrected chi connectivity index (χ4v) is 2.85. The Morgan fingerprint density at radius 2 is 1.96 bits per heavy atom. The van der Waals surface area contributed by atoms with Crippen LogP contribution in [-0.2, 0) is 14.3 Å². The van der Waals surface area contributed by atoms with Crippen molar-refractivity contribution in [2.45, 2.75) is 46.3 Å². The summed E-state index contributed by atoms with van der Waals surface area (Å²) < 4.78 is 12.7. The topological polar surface area (TPSA) is 70.4 Å². The van der Waals surface area contributed by atoms with Gasteiger partial charge >= 0.3 is 5.97 Å². The molecule has 2 unspecified atom stereocenters. The van der Waals surface area contributed by atoms with Crippen LogP contribution in [0.25, 0.3) is 0 Å². The van der Waals surface area contributed by atoms with Crippen LogP contribution in [0, 0.1) is 5.41 Å². The quantitative estimate of drug-likeness (QED) is 0.441. The Labute approximate surface area is 164 Å². The zero-order valence-electron chi connectivity index (χ0n) is 15.9. The van der Waals surface area contributed by atoms with E-state index in [9.17, 15) is 9.59 Å². The predicted molar refractivity (Wildman–Crippen MR) is 103 cm³/mol. The lowest BCUT2D eigenvalue weighted by Crippen LogP contribution is -2.44. The Morgan fingerprint density at radius 1 is 1.26 bits per heavy atom. The molecule has 6 nitrogen and oxygen atoms in total. The second kappa shape index (κ2) is 9.55. The van der Waals surface area contributed by atoms with Gasteiger partial charge in [0.1, 0.15) is 11.2 Å². The molecule has 0 saturated heterocycles. The lowest BCUT2D eigenvalue weighted by atomic mass is 9.79. The summed E-state index contributed by atoms with van der Waals surface area (Å²) in [6, 6.07) is 6.70. The number of ketones is 1. The van der Waals surface area contributed by atoms with Crippen molar-refractivity contribution in [2.24, 2.45) is 5.41 Å². The predicted octanol–water partition coefficient (Wildman–Crippen LogP) is 4.44. The molecule has 0 spiro atoms. The van der Waals surface area contributed by atoms with Crippen molar-refractivity contribution in [2.75, 3.05) is 6.61 Å². The van der Waals surface area contributed by atoms with Crippen molar-refractivity contribution in [1.82, 2.24) is 9.55 Å². The Bertz CT molecular complexity index is 746. The minimum atomic E-state index is -1.31. The summed E-state index contributed by atoms with van der Waals surface area (Å²) in [5, 5.41) is 0.562. The van der Waals surface area contributed by atoms with E-state index in [1.807, 2.05) is 6.92 Å². The summed E-state index contributed by atoms with van der Waals surface area (Å²) in [4.78, 5) is 30.1. The zero-order valence-corrected chi connectivity index (χ0v) is 16.6. The molecule has 27 heavy (non-hydrogen) atoms. The molecular weight excluding hydrogens is 368 g/mol. The summed E-state index contributed by atoms with van der Waals surface area (Å²) >= 11 is 5.92. The van der Waals surface area contributed by atoms with Gasteiger partial charge in [0, 0.05) is 17.4 Å². The van der Waals surface area contributed by atoms with Gasteiger partial charge in [0.05, 0.1) is 12.9 Å². The fraction of sp³-hybridized carbons (Fsp3) is 0.450. The van der Waals surface area contributed by atoms with Crippen LogP contribution in [0.3, 0.4) is 0 Å². The summed E-state index contributed by atoms with van der Waals surface area (Å²) in [5.74, 6) is -0.441. The molecule has 2 rings (SSSR count). The van der Waals surface area contributed by atoms with Crippen LogP contribution in [0.5, 0.6) is 5.75 Å². The van der Waals surface area contributed by atoms with Gasteiger partial charge in [0.2, 0.25) is 12.0 Å². The molecule has 0 fully saturated rings. The molecular formula is C20H25ClN2O4. The molecule has 1 aromatic carbocycles. The largest absolute Gasteiger partial charge is 0.465 e. The van der Waals surface area contributed by atoms with Gasteiger partial charge in [-0.15, -0.1) is 0 Å². The molecule has 7 heteroatoms. The highest BCUT2D eigenvalue weighted by molar-refractivity contribution is 6.30. The minimum absolute atomic E-state index is 0.210. The first-order valence-electron chi connectivity index (χ1n) is 9.03. The van der Waals surface area contributed by atoms with Crippen LogP contribution in [0.1, 0.15) is 46.3 Å². The smallest absolute Gasteiger partial charge is 0.319 e. The molecule has 0 N–H and O–H groups in total. The summed E-state index contributed by atoms with van der Waals surface area (Å²) in [7, 11) is 0. The molecule has 2 atom stereocenters. The number of imidazole rings is 1. The maximum Gasteiger partial charge on any atom is 0.319 e. The number of hydrogen-bond donors (Lipinski definition) is 0. The van der Waals surface area contributed by atoms with Gasteiger partial charge in [0.15, 0.2) is 0 Å². The number of benzene rings is 1. The molecule has 0 aliphatic heterocycles. The number of nitrogens with zero attached hydrogens (tertiary/aromatic N) is 2. The lowest BCUT2D eigenvalue weighted by Gasteiger charge is -2.30. The molecule has 146 valence electrons. The van der Waals surface area contributed by atoms with Crippen molar-refractivity contribution in [3.63, 3.8) is 0 Å². The summed E-state index contributed by atoms with van der Waals surface area (Å²) in [6.45, 7) is 5.56. The van der Waals surface area contributed by atoms with Crippen molar-refractivity contribution in [1.29, 1.82) is 0 Å². The number of carbonyl (C=O) groups is 2. The van der Waals surface area contributed by atoms with Crippen molar-refractivity contribution < 1.29 is 19.1 Å². The average molecular weight is 393 g/mol. The summed E-state index contributed by atoms with van der Waals surface area (Å²) in [6.07, 6.45) is 5.60. The van der Waals surface area contributed by atoms with Gasteiger partial charge in [0.25, 0.3) is 0 Å². The third-order valence-electron chi connectivity index (χ3n) is 4.38. The van der Waals surface area contributed by atoms with E-state index in [1.165, 1.54) is 6.33 Å². The van der Waals surface area contributed by atoms with Crippen LogP contribution < -0.4 is 4.74 Å². The number of unbranched alkanes of at least 4 members (excludes halogenated alkanes) is 1. The van der Waals surface area contributed by atoms with E-state index >= 15 is 0 Å². The second-order valence-electron chi connectivity index (χ2n) is 6.45. The van der Waals surface area contributed by atoms with E-state index in [0.717, 1.165) is 12.8 Å². The maximum absolute atomic E-state index is 13.5. The molecule has 0 aliphatic rings. The number of halogens is 1. The molecule has 0 saturated carbocycles. The van der Waals surface area contributed by atoms with Gasteiger partial charge in [-0.3, -0.25) is 14.2 Å². The van der Waals surface area contributed by atoms with E-state index in [2.05, 4.69) is 4.98 Å². The van der Waals surface area contributed by atoms with E-state index in [-0.39, 0.29) is 12.4 Å². The van der Waals surface area contributed by atoms with Crippen LogP contribution in [-0.4, -0.2) is 27.9 Å². The number of esters is 1. The lowest BCUT2D eigenvalue weighted by molar-refractivity contribution is -0.163. The Morgan fingerprint density at radius 3 is 2.52 bits per heavy atom. The first-order chi connectivity index (χ1) is 12.9. The van der Waals surface area contributed by atoms with Crippen LogP contribution in [0.15, 0.2) is 43.0 Å². The number of aromatic nitrogens is 2. The molecule has 0 amide bonds. The summed E-state index contributed by atoms with van der Waals surface area (Å²) in [5.41, 5.74) is -1.31. The molecule has 2 aromatic rings. The number of hydrogen-bond acceptors (Lipinski definition) is 5. The molecule has 1 heterocycles. The molecule has 0 aliphatic carbocycles. The van der Waals surface area contributed by atoms with Gasteiger partial charge in [-0.1, -0.05) is 31.4 Å². The van der Waals surface area contributed by atoms with E-state index in [4.69, 9.17) is 21.1 Å². The number of rotatable bonds is 10. The van der Waals surface area contributed by atoms with Gasteiger partial charge < -0.3 is 9.47 Å². The molecule has 0 bridgehead atoms. The standard InChI is InChI=1S/C20H25ClN2O4/c1-4-6-11-20(3,19(25)26-5-2)17(24)18(23-13-12-22-14-23)27-16-9-7-15(21)8-10-16/h7-10,12-14,18H,4-6,11H2,1-3H3. The highest BCUT2D eigenvalue weighted by Crippen LogP contribution is 2.33. The average Bonchev–Trinajstić information content (AvgIpc) is 3.19. The second-order valence-corrected chi connectivity index (χ2v) is 6.89. The van der Waals surface area contributed by atoms with Crippen LogP contribution in [0.2, 0.25) is 5.02 Å². The normalized spacial score (nSPS) is 14.2. The van der Waals surface area contributed by atoms with Crippen molar-refractivity contribution in [3.05, 3.63) is 48.0 Å². The van der Waals surface area contributed by atoms with E-state index in [0.29, 0.717) is 17.2 Å². The molecule has 1 aromatic heterocycles. The third-order valence-corrected chi connectivity index (χ3v) is 4.63. The number of carbonyl (C=O) groups excluding carboxylic acids is 2. The SMILES string of the molecule is CCCCC(C)(C(=O)OCC)C(=O)C(Oc1ccc(Cl)cc1)n1ccnc1. The van der Waals surface area contributed by atoms with Gasteiger partial charge in [-0.25, -0.2) is 4.98 Å². The molecule has 0 radical (unpaired) electrons. The van der Waals surface area contributed by atoms with Crippen molar-refractivity contribution in [3.8, 4) is 5.75 Å². The third kappa shape index (κ3) is 5.10. The van der Waals surface area contributed by atoms with E-state index in [1.54, 1.807) is 55.1 Å². The first kappa shape index (κ1) is 21.0. The Kier molecular flexibility index (Phi) is 7.42.